The summed E-state index contributed by atoms with van der Waals surface area (Å²) in [6.45, 7) is 5.70. The number of carbonyl (C=O) groups excluding carboxylic acids is 3. The number of methoxy groups -OCH3 is 1. The summed E-state index contributed by atoms with van der Waals surface area (Å²) in [6.07, 6.45) is 11.8. The number of hydrogen-bond donors (Lipinski definition) is 3. The maximum Gasteiger partial charge on any atom is 0.407 e. The van der Waals surface area contributed by atoms with Crippen LogP contribution in [0, 0.1) is 11.3 Å². The Bertz CT molecular complexity index is 762. The molecular formula is C27H47N3O7. The highest BCUT2D eigenvalue weighted by Crippen LogP contribution is 2.28. The van der Waals surface area contributed by atoms with Crippen LogP contribution in [0.2, 0.25) is 0 Å². The Morgan fingerprint density at radius 2 is 1.65 bits per heavy atom. The predicted octanol–water partition coefficient (Wildman–Crippen LogP) is 4.46. The molecule has 3 N–H and O–H groups in total. The van der Waals surface area contributed by atoms with Crippen LogP contribution in [-0.4, -0.2) is 72.5 Å². The summed E-state index contributed by atoms with van der Waals surface area (Å²) >= 11 is 0. The highest BCUT2D eigenvalue weighted by Gasteiger charge is 2.45. The van der Waals surface area contributed by atoms with Crippen molar-refractivity contribution in [2.24, 2.45) is 11.3 Å². The molecule has 0 aromatic rings. The number of alkyl carbamates (subject to hydrolysis) is 1. The number of likely N-dealkylation sites (tertiary alicyclic amines) is 1. The predicted molar refractivity (Wildman–Crippen MR) is 139 cm³/mol. The van der Waals surface area contributed by atoms with Gasteiger partial charge in [0.25, 0.3) is 0 Å². The van der Waals surface area contributed by atoms with Crippen LogP contribution < -0.4 is 10.6 Å². The summed E-state index contributed by atoms with van der Waals surface area (Å²) in [7, 11) is 1.22. The molecular weight excluding hydrogens is 478 g/mol. The molecule has 0 aromatic carbocycles. The molecule has 10 nitrogen and oxygen atoms in total. The van der Waals surface area contributed by atoms with Crippen molar-refractivity contribution in [1.82, 2.24) is 15.5 Å². The van der Waals surface area contributed by atoms with Gasteiger partial charge in [-0.05, 0) is 17.8 Å². The maximum absolute atomic E-state index is 13.5. The van der Waals surface area contributed by atoms with Crippen LogP contribution in [-0.2, 0) is 19.1 Å². The van der Waals surface area contributed by atoms with Gasteiger partial charge in [-0.25, -0.2) is 14.4 Å². The number of amides is 3. The third kappa shape index (κ3) is 10.4. The van der Waals surface area contributed by atoms with Gasteiger partial charge >= 0.3 is 18.2 Å². The lowest BCUT2D eigenvalue weighted by molar-refractivity contribution is -0.152. The fraction of sp³-hybridized carbons (Fsp3) is 0.852. The maximum atomic E-state index is 13.5. The molecule has 0 bridgehead atoms. The molecule has 2 rings (SSSR count). The summed E-state index contributed by atoms with van der Waals surface area (Å²) < 4.78 is 10.2. The molecule has 2 fully saturated rings. The van der Waals surface area contributed by atoms with Gasteiger partial charge in [0.2, 0.25) is 5.91 Å². The molecule has 212 valence electrons. The largest absolute Gasteiger partial charge is 0.467 e. The van der Waals surface area contributed by atoms with Crippen molar-refractivity contribution < 1.29 is 33.8 Å². The summed E-state index contributed by atoms with van der Waals surface area (Å²) in [4.78, 5) is 50.6. The molecule has 2 aliphatic rings. The second kappa shape index (κ2) is 15.0. The Labute approximate surface area is 221 Å². The fourth-order valence-corrected chi connectivity index (χ4v) is 5.40. The van der Waals surface area contributed by atoms with Crippen molar-refractivity contribution >= 4 is 24.1 Å². The first-order chi connectivity index (χ1) is 17.5. The standard InChI is InChI=1S/C27H47N3O7/c1-27(2,3)22(23(31)30-18-20(28-25(33)34)17-21(30)24(32)36-4)29-26(35)37-16-12-7-5-6-9-13-19-14-10-8-11-15-19/h19-22,28H,5-18H2,1-4H3,(H,29,35)(H,33,34)/t20-,21+,22-/m1/s1. The van der Waals surface area contributed by atoms with Gasteiger partial charge in [0.1, 0.15) is 12.1 Å². The lowest BCUT2D eigenvalue weighted by atomic mass is 9.85. The number of carbonyl (C=O) groups is 4. The van der Waals surface area contributed by atoms with Gasteiger partial charge in [-0.15, -0.1) is 0 Å². The molecule has 3 amide bonds. The second-order valence-corrected chi connectivity index (χ2v) is 11.6. The number of unbranched alkanes of at least 4 members (excludes halogenated alkanes) is 4. The number of carboxylic acid groups (broad SMARTS) is 1. The van der Waals surface area contributed by atoms with Crippen LogP contribution in [0.4, 0.5) is 9.59 Å². The van der Waals surface area contributed by atoms with Gasteiger partial charge in [-0.2, -0.15) is 0 Å². The number of esters is 1. The van der Waals surface area contributed by atoms with E-state index in [0.29, 0.717) is 0 Å². The van der Waals surface area contributed by atoms with Gasteiger partial charge < -0.3 is 30.1 Å². The quantitative estimate of drug-likeness (QED) is 0.253. The molecule has 37 heavy (non-hydrogen) atoms. The van der Waals surface area contributed by atoms with E-state index in [1.807, 2.05) is 0 Å². The molecule has 1 aliphatic heterocycles. The summed E-state index contributed by atoms with van der Waals surface area (Å²) in [5.74, 6) is -0.188. The lowest BCUT2D eigenvalue weighted by Crippen LogP contribution is -2.57. The number of rotatable bonds is 12. The van der Waals surface area contributed by atoms with Crippen molar-refractivity contribution in [2.45, 2.75) is 116 Å². The molecule has 0 aromatic heterocycles. The molecule has 1 aliphatic carbocycles. The summed E-state index contributed by atoms with van der Waals surface area (Å²) in [5, 5.41) is 14.1. The van der Waals surface area contributed by atoms with Crippen molar-refractivity contribution in [3.63, 3.8) is 0 Å². The second-order valence-electron chi connectivity index (χ2n) is 11.6. The van der Waals surface area contributed by atoms with Gasteiger partial charge in [-0.1, -0.05) is 85.0 Å². The molecule has 1 saturated carbocycles. The normalized spacial score (nSPS) is 21.2. The number of hydrogen-bond acceptors (Lipinski definition) is 6. The van der Waals surface area contributed by atoms with Gasteiger partial charge in [0.15, 0.2) is 0 Å². The molecule has 1 saturated heterocycles. The topological polar surface area (TPSA) is 134 Å². The number of nitrogens with one attached hydrogen (secondary N) is 2. The first kappa shape index (κ1) is 30.7. The molecule has 0 radical (unpaired) electrons. The highest BCUT2D eigenvalue weighted by molar-refractivity contribution is 5.91. The molecule has 0 spiro atoms. The average Bonchev–Trinajstić information content (AvgIpc) is 3.26. The third-order valence-electron chi connectivity index (χ3n) is 7.47. The Balaban J connectivity index is 1.79. The van der Waals surface area contributed by atoms with Crippen LogP contribution in [0.5, 0.6) is 0 Å². The zero-order valence-corrected chi connectivity index (χ0v) is 23.1. The van der Waals surface area contributed by atoms with Gasteiger partial charge in [0, 0.05) is 13.0 Å². The van der Waals surface area contributed by atoms with E-state index >= 15 is 0 Å². The van der Waals surface area contributed by atoms with E-state index in [9.17, 15) is 19.2 Å². The Morgan fingerprint density at radius 1 is 1.00 bits per heavy atom. The lowest BCUT2D eigenvalue weighted by Gasteiger charge is -2.34. The van der Waals surface area contributed by atoms with Crippen LogP contribution >= 0.6 is 0 Å². The summed E-state index contributed by atoms with van der Waals surface area (Å²) in [6, 6.07) is -2.51. The SMILES string of the molecule is COC(=O)[C@@H]1C[C@@H](NC(=O)O)CN1C(=O)[C@@H](NC(=O)OCCCCCCCC1CCCCC1)C(C)(C)C. The van der Waals surface area contributed by atoms with E-state index in [-0.39, 0.29) is 19.6 Å². The summed E-state index contributed by atoms with van der Waals surface area (Å²) in [5.41, 5.74) is -0.673. The zero-order valence-electron chi connectivity index (χ0n) is 23.1. The average molecular weight is 526 g/mol. The monoisotopic (exact) mass is 525 g/mol. The number of ether oxygens (including phenoxy) is 2. The van der Waals surface area contributed by atoms with E-state index in [2.05, 4.69) is 10.6 Å². The van der Waals surface area contributed by atoms with Crippen molar-refractivity contribution in [2.75, 3.05) is 20.3 Å². The van der Waals surface area contributed by atoms with Gasteiger partial charge in [-0.3, -0.25) is 4.79 Å². The first-order valence-electron chi connectivity index (χ1n) is 13.8. The Morgan fingerprint density at radius 3 is 2.27 bits per heavy atom. The smallest absolute Gasteiger partial charge is 0.407 e. The Hall–Kier alpha value is -2.52. The highest BCUT2D eigenvalue weighted by atomic mass is 16.5. The zero-order chi connectivity index (χ0) is 27.4. The molecule has 10 heteroatoms. The molecule has 3 atom stereocenters. The molecule has 1 heterocycles. The fourth-order valence-electron chi connectivity index (χ4n) is 5.40. The van der Waals surface area contributed by atoms with E-state index in [1.165, 1.54) is 63.4 Å². The minimum absolute atomic E-state index is 0.00888. The van der Waals surface area contributed by atoms with E-state index in [1.54, 1.807) is 20.8 Å². The van der Waals surface area contributed by atoms with E-state index < -0.39 is 47.6 Å². The first-order valence-corrected chi connectivity index (χ1v) is 13.8. The van der Waals surface area contributed by atoms with Crippen molar-refractivity contribution in [3.8, 4) is 0 Å². The molecule has 0 unspecified atom stereocenters. The third-order valence-corrected chi connectivity index (χ3v) is 7.47. The van der Waals surface area contributed by atoms with Crippen LogP contribution in [0.25, 0.3) is 0 Å². The van der Waals surface area contributed by atoms with Crippen LogP contribution in [0.1, 0.15) is 97.8 Å². The Kier molecular flexibility index (Phi) is 12.5. The van der Waals surface area contributed by atoms with Crippen LogP contribution in [0.3, 0.4) is 0 Å². The number of nitrogens with zero attached hydrogens (tertiary/aromatic N) is 1. The minimum Gasteiger partial charge on any atom is -0.467 e. The van der Waals surface area contributed by atoms with Gasteiger partial charge in [0.05, 0.1) is 19.8 Å². The van der Waals surface area contributed by atoms with E-state index in [4.69, 9.17) is 14.6 Å². The minimum atomic E-state index is -1.23. The van der Waals surface area contributed by atoms with Crippen LogP contribution in [0.15, 0.2) is 0 Å². The van der Waals surface area contributed by atoms with Crippen molar-refractivity contribution in [3.05, 3.63) is 0 Å². The van der Waals surface area contributed by atoms with Crippen molar-refractivity contribution in [1.29, 1.82) is 0 Å². The van der Waals surface area contributed by atoms with E-state index in [0.717, 1.165) is 25.2 Å².